The predicted octanol–water partition coefficient (Wildman–Crippen LogP) is 2.47. The van der Waals surface area contributed by atoms with Gasteiger partial charge in [-0.2, -0.15) is 0 Å². The monoisotopic (exact) mass is 205 g/mol. The van der Waals surface area contributed by atoms with Crippen molar-refractivity contribution < 1.29 is 4.79 Å². The fourth-order valence-corrected chi connectivity index (χ4v) is 0.973. The van der Waals surface area contributed by atoms with Crippen LogP contribution in [0, 0.1) is 5.92 Å². The first-order valence-electron chi connectivity index (χ1n) is 4.76. The van der Waals surface area contributed by atoms with Crippen molar-refractivity contribution in [3.63, 3.8) is 0 Å². The van der Waals surface area contributed by atoms with E-state index in [2.05, 4.69) is 11.6 Å². The van der Waals surface area contributed by atoms with Gasteiger partial charge in [0.05, 0.1) is 0 Å². The molecule has 0 N–H and O–H groups in total. The van der Waals surface area contributed by atoms with E-state index < -0.39 is 0 Å². The van der Waals surface area contributed by atoms with Crippen molar-refractivity contribution in [1.82, 2.24) is 14.5 Å². The molecule has 0 unspecified atom stereocenters. The van der Waals surface area contributed by atoms with E-state index in [1.54, 1.807) is 18.6 Å². The van der Waals surface area contributed by atoms with Crippen molar-refractivity contribution in [1.29, 1.82) is 0 Å². The summed E-state index contributed by atoms with van der Waals surface area (Å²) >= 11 is 0. The molecule has 1 amide bonds. The number of hydrogen-bond acceptors (Lipinski definition) is 2. The molecule has 0 saturated heterocycles. The van der Waals surface area contributed by atoms with Gasteiger partial charge < -0.3 is 0 Å². The second-order valence-corrected chi connectivity index (χ2v) is 3.43. The minimum absolute atomic E-state index is 0.195. The van der Waals surface area contributed by atoms with Crippen molar-refractivity contribution in [3.05, 3.63) is 43.8 Å². The number of hydrogen-bond donors (Lipinski definition) is 0. The molecule has 0 atom stereocenters. The second kappa shape index (κ2) is 5.14. The van der Waals surface area contributed by atoms with E-state index in [9.17, 15) is 4.79 Å². The number of imidazole rings is 1. The van der Waals surface area contributed by atoms with Crippen molar-refractivity contribution in [2.75, 3.05) is 0 Å². The van der Waals surface area contributed by atoms with Crippen LogP contribution in [-0.4, -0.2) is 20.5 Å². The molecule has 0 aromatic carbocycles. The molecule has 0 aliphatic rings. The van der Waals surface area contributed by atoms with Gasteiger partial charge in [-0.15, -0.1) is 0 Å². The lowest BCUT2D eigenvalue weighted by atomic mass is 10.2. The highest BCUT2D eigenvalue weighted by Gasteiger charge is 2.08. The van der Waals surface area contributed by atoms with Crippen LogP contribution in [0.25, 0.3) is 0 Å². The molecule has 0 radical (unpaired) electrons. The van der Waals surface area contributed by atoms with Crippen molar-refractivity contribution in [2.45, 2.75) is 13.8 Å². The number of carbonyl (C=O) groups excluding carboxylic acids is 1. The van der Waals surface area contributed by atoms with Crippen LogP contribution < -0.4 is 0 Å². The largest absolute Gasteiger partial charge is 0.337 e. The number of aromatic nitrogens is 2. The standard InChI is InChI=1S/C11H15N3O/c1-4-13(7-5-10(2)3)11(15)14-8-6-12-9-14/h4-10H,1H2,2-3H3/b7-5-. The van der Waals surface area contributed by atoms with Crippen LogP contribution in [0.1, 0.15) is 13.8 Å². The van der Waals surface area contributed by atoms with Gasteiger partial charge in [-0.25, -0.2) is 9.78 Å². The van der Waals surface area contributed by atoms with Gasteiger partial charge in [-0.1, -0.05) is 26.5 Å². The molecule has 1 aromatic rings. The molecular formula is C11H15N3O. The Labute approximate surface area is 89.5 Å². The molecule has 1 heterocycles. The molecule has 1 aromatic heterocycles. The van der Waals surface area contributed by atoms with E-state index in [1.165, 1.54) is 22.0 Å². The Hall–Kier alpha value is -1.84. The Kier molecular flexibility index (Phi) is 3.85. The summed E-state index contributed by atoms with van der Waals surface area (Å²) in [7, 11) is 0. The highest BCUT2D eigenvalue weighted by Crippen LogP contribution is 2.01. The molecule has 15 heavy (non-hydrogen) atoms. The molecule has 4 heteroatoms. The summed E-state index contributed by atoms with van der Waals surface area (Å²) in [5.41, 5.74) is 0. The summed E-state index contributed by atoms with van der Waals surface area (Å²) in [5.74, 6) is 0.392. The van der Waals surface area contributed by atoms with E-state index in [0.29, 0.717) is 5.92 Å². The first kappa shape index (κ1) is 11.2. The molecule has 0 bridgehead atoms. The lowest BCUT2D eigenvalue weighted by Gasteiger charge is -2.13. The average molecular weight is 205 g/mol. The van der Waals surface area contributed by atoms with E-state index >= 15 is 0 Å². The first-order valence-corrected chi connectivity index (χ1v) is 4.76. The van der Waals surface area contributed by atoms with Gasteiger partial charge in [0.1, 0.15) is 6.33 Å². The zero-order valence-electron chi connectivity index (χ0n) is 9.00. The highest BCUT2D eigenvalue weighted by molar-refractivity contribution is 5.78. The molecule has 1 rings (SSSR count). The van der Waals surface area contributed by atoms with Gasteiger partial charge in [-0.3, -0.25) is 9.47 Å². The fraction of sp³-hybridized carbons (Fsp3) is 0.273. The third-order valence-electron chi connectivity index (χ3n) is 1.77. The Bertz CT molecular complexity index is 352. The van der Waals surface area contributed by atoms with Crippen molar-refractivity contribution >= 4 is 6.03 Å². The zero-order valence-corrected chi connectivity index (χ0v) is 9.00. The summed E-state index contributed by atoms with van der Waals surface area (Å²) in [6.45, 7) is 7.67. The van der Waals surface area contributed by atoms with Crippen LogP contribution in [0.3, 0.4) is 0 Å². The Balaban J connectivity index is 2.76. The van der Waals surface area contributed by atoms with Crippen LogP contribution in [0.2, 0.25) is 0 Å². The maximum Gasteiger partial charge on any atom is 0.337 e. The van der Waals surface area contributed by atoms with Gasteiger partial charge in [0.2, 0.25) is 0 Å². The van der Waals surface area contributed by atoms with Crippen molar-refractivity contribution in [3.8, 4) is 0 Å². The van der Waals surface area contributed by atoms with E-state index in [1.807, 2.05) is 19.9 Å². The molecule has 0 spiro atoms. The molecule has 80 valence electrons. The zero-order chi connectivity index (χ0) is 11.3. The van der Waals surface area contributed by atoms with Gasteiger partial charge >= 0.3 is 6.03 Å². The third kappa shape index (κ3) is 3.09. The average Bonchev–Trinajstić information content (AvgIpc) is 2.70. The third-order valence-corrected chi connectivity index (χ3v) is 1.77. The number of carbonyl (C=O) groups is 1. The molecule has 0 saturated carbocycles. The van der Waals surface area contributed by atoms with Crippen LogP contribution in [-0.2, 0) is 0 Å². The lowest BCUT2D eigenvalue weighted by molar-refractivity contribution is 0.228. The summed E-state index contributed by atoms with van der Waals surface area (Å²) in [4.78, 5) is 17.0. The Morgan fingerprint density at radius 1 is 1.60 bits per heavy atom. The normalized spacial score (nSPS) is 10.9. The summed E-state index contributed by atoms with van der Waals surface area (Å²) in [6.07, 6.45) is 9.73. The smallest absolute Gasteiger partial charge is 0.277 e. The molecule has 0 fully saturated rings. The summed E-state index contributed by atoms with van der Waals surface area (Å²) in [6, 6.07) is -0.195. The quantitative estimate of drug-likeness (QED) is 0.760. The lowest BCUT2D eigenvalue weighted by Crippen LogP contribution is -2.24. The molecule has 0 aliphatic carbocycles. The van der Waals surface area contributed by atoms with Crippen LogP contribution in [0.4, 0.5) is 4.79 Å². The van der Waals surface area contributed by atoms with E-state index in [-0.39, 0.29) is 6.03 Å². The maximum atomic E-state index is 11.8. The predicted molar refractivity (Wildman–Crippen MR) is 59.0 cm³/mol. The Morgan fingerprint density at radius 2 is 2.33 bits per heavy atom. The van der Waals surface area contributed by atoms with Crippen LogP contribution >= 0.6 is 0 Å². The van der Waals surface area contributed by atoms with Crippen LogP contribution in [0.15, 0.2) is 43.8 Å². The van der Waals surface area contributed by atoms with Gasteiger partial charge in [0, 0.05) is 24.8 Å². The molecular weight excluding hydrogens is 190 g/mol. The minimum Gasteiger partial charge on any atom is -0.277 e. The van der Waals surface area contributed by atoms with Gasteiger partial charge in [-0.05, 0) is 5.92 Å². The summed E-state index contributed by atoms with van der Waals surface area (Å²) < 4.78 is 1.40. The van der Waals surface area contributed by atoms with E-state index in [4.69, 9.17) is 0 Å². The van der Waals surface area contributed by atoms with Crippen LogP contribution in [0.5, 0.6) is 0 Å². The highest BCUT2D eigenvalue weighted by atomic mass is 16.2. The summed E-state index contributed by atoms with van der Waals surface area (Å²) in [5, 5.41) is 0. The number of nitrogens with zero attached hydrogens (tertiary/aromatic N) is 3. The van der Waals surface area contributed by atoms with E-state index in [0.717, 1.165) is 0 Å². The topological polar surface area (TPSA) is 38.1 Å². The van der Waals surface area contributed by atoms with Gasteiger partial charge in [0.25, 0.3) is 0 Å². The van der Waals surface area contributed by atoms with Gasteiger partial charge in [0.15, 0.2) is 0 Å². The first-order chi connectivity index (χ1) is 7.15. The Morgan fingerprint density at radius 3 is 2.80 bits per heavy atom. The number of allylic oxidation sites excluding steroid dienone is 1. The second-order valence-electron chi connectivity index (χ2n) is 3.43. The minimum atomic E-state index is -0.195. The maximum absolute atomic E-state index is 11.8. The number of amides is 1. The SMILES string of the molecule is C=CN(/C=C\C(C)C)C(=O)n1ccnc1. The van der Waals surface area contributed by atoms with Crippen molar-refractivity contribution in [2.24, 2.45) is 5.92 Å². The molecule has 0 aliphatic heterocycles. The number of rotatable bonds is 3. The fourth-order valence-electron chi connectivity index (χ4n) is 0.973. The molecule has 4 nitrogen and oxygen atoms in total.